The average molecular weight is 246 g/mol. The number of nitrogens with zero attached hydrogens (tertiary/aromatic N) is 1. The van der Waals surface area contributed by atoms with Crippen LogP contribution in [0.25, 0.3) is 10.9 Å². The summed E-state index contributed by atoms with van der Waals surface area (Å²) in [6.45, 7) is 6.14. The van der Waals surface area contributed by atoms with Crippen LogP contribution in [0.15, 0.2) is 30.5 Å². The van der Waals surface area contributed by atoms with Gasteiger partial charge in [-0.25, -0.2) is 0 Å². The fourth-order valence-corrected chi connectivity index (χ4v) is 2.41. The first kappa shape index (κ1) is 13.1. The van der Waals surface area contributed by atoms with Crippen LogP contribution in [-0.4, -0.2) is 35.2 Å². The quantitative estimate of drug-likeness (QED) is 0.851. The molecule has 0 radical (unpaired) electrons. The third-order valence-electron chi connectivity index (χ3n) is 3.24. The molecule has 0 amide bonds. The van der Waals surface area contributed by atoms with E-state index in [0.717, 1.165) is 13.1 Å². The minimum Gasteiger partial charge on any atom is -0.396 e. The van der Waals surface area contributed by atoms with E-state index in [1.807, 2.05) is 6.20 Å². The molecule has 18 heavy (non-hydrogen) atoms. The third kappa shape index (κ3) is 2.92. The van der Waals surface area contributed by atoms with Gasteiger partial charge >= 0.3 is 0 Å². The summed E-state index contributed by atoms with van der Waals surface area (Å²) in [6, 6.07) is 8.46. The van der Waals surface area contributed by atoms with E-state index in [1.165, 1.54) is 16.5 Å². The van der Waals surface area contributed by atoms with Crippen molar-refractivity contribution in [1.29, 1.82) is 0 Å². The molecule has 1 aromatic heterocycles. The second-order valence-corrected chi connectivity index (χ2v) is 5.85. The van der Waals surface area contributed by atoms with E-state index in [2.05, 4.69) is 55.0 Å². The van der Waals surface area contributed by atoms with E-state index in [4.69, 9.17) is 0 Å². The molecule has 0 fully saturated rings. The number of benzene rings is 1. The summed E-state index contributed by atoms with van der Waals surface area (Å²) in [4.78, 5) is 5.55. The molecule has 0 atom stereocenters. The van der Waals surface area contributed by atoms with Crippen molar-refractivity contribution in [3.8, 4) is 0 Å². The zero-order valence-electron chi connectivity index (χ0n) is 11.4. The highest BCUT2D eigenvalue weighted by atomic mass is 16.3. The number of aliphatic hydroxyl groups is 1. The summed E-state index contributed by atoms with van der Waals surface area (Å²) in [5.41, 5.74) is 2.46. The van der Waals surface area contributed by atoms with Gasteiger partial charge in [-0.2, -0.15) is 0 Å². The van der Waals surface area contributed by atoms with Gasteiger partial charge in [0, 0.05) is 36.8 Å². The summed E-state index contributed by atoms with van der Waals surface area (Å²) in [5.74, 6) is 0. The summed E-state index contributed by atoms with van der Waals surface area (Å²) in [6.07, 6.45) is 1.98. The number of aromatic nitrogens is 1. The predicted octanol–water partition coefficient (Wildman–Crippen LogP) is 2.62. The molecule has 98 valence electrons. The molecule has 0 spiro atoms. The number of hydrogen-bond donors (Lipinski definition) is 2. The van der Waals surface area contributed by atoms with Crippen molar-refractivity contribution >= 4 is 10.9 Å². The molecule has 2 rings (SSSR count). The van der Waals surface area contributed by atoms with E-state index in [9.17, 15) is 5.11 Å². The number of aliphatic hydroxyl groups excluding tert-OH is 1. The maximum Gasteiger partial charge on any atom is 0.0499 e. The molecule has 0 aliphatic carbocycles. The monoisotopic (exact) mass is 246 g/mol. The maximum atomic E-state index is 9.31. The Morgan fingerprint density at radius 1 is 1.28 bits per heavy atom. The minimum atomic E-state index is -0.0572. The first-order valence-electron chi connectivity index (χ1n) is 6.36. The molecule has 2 aromatic rings. The molecule has 0 saturated heterocycles. The third-order valence-corrected chi connectivity index (χ3v) is 3.24. The zero-order chi connectivity index (χ0) is 13.2. The van der Waals surface area contributed by atoms with Crippen LogP contribution in [0.3, 0.4) is 0 Å². The molecule has 3 nitrogen and oxygen atoms in total. The Kier molecular flexibility index (Phi) is 3.73. The lowest BCUT2D eigenvalue weighted by Crippen LogP contribution is -2.33. The van der Waals surface area contributed by atoms with Gasteiger partial charge in [0.1, 0.15) is 0 Å². The van der Waals surface area contributed by atoms with Crippen LogP contribution in [0.1, 0.15) is 19.4 Å². The highest BCUT2D eigenvalue weighted by molar-refractivity contribution is 5.82. The lowest BCUT2D eigenvalue weighted by Gasteiger charge is -2.28. The summed E-state index contributed by atoms with van der Waals surface area (Å²) in [5, 5.41) is 10.6. The van der Waals surface area contributed by atoms with Crippen LogP contribution in [0.4, 0.5) is 0 Å². The number of fused-ring (bicyclic) bond motifs is 1. The van der Waals surface area contributed by atoms with Crippen molar-refractivity contribution in [2.75, 3.05) is 20.2 Å². The molecule has 0 aliphatic rings. The number of aromatic amines is 1. The van der Waals surface area contributed by atoms with Gasteiger partial charge in [0.05, 0.1) is 0 Å². The van der Waals surface area contributed by atoms with Gasteiger partial charge in [-0.15, -0.1) is 0 Å². The number of hydrogen-bond acceptors (Lipinski definition) is 2. The molecule has 0 unspecified atom stereocenters. The van der Waals surface area contributed by atoms with E-state index in [0.29, 0.717) is 0 Å². The number of nitrogens with one attached hydrogen (secondary N) is 1. The van der Waals surface area contributed by atoms with Gasteiger partial charge in [-0.1, -0.05) is 32.0 Å². The molecule has 2 N–H and O–H groups in total. The first-order chi connectivity index (χ1) is 8.52. The van der Waals surface area contributed by atoms with Crippen LogP contribution < -0.4 is 0 Å². The van der Waals surface area contributed by atoms with Gasteiger partial charge in [-0.3, -0.25) is 0 Å². The average Bonchev–Trinajstić information content (AvgIpc) is 2.77. The van der Waals surface area contributed by atoms with Crippen LogP contribution >= 0.6 is 0 Å². The van der Waals surface area contributed by atoms with Crippen molar-refractivity contribution in [3.05, 3.63) is 36.0 Å². The van der Waals surface area contributed by atoms with Crippen molar-refractivity contribution in [1.82, 2.24) is 9.88 Å². The SMILES string of the molecule is CN(Cc1cccc2cc[nH]c12)CC(C)(C)CO. The van der Waals surface area contributed by atoms with Gasteiger partial charge in [0.15, 0.2) is 0 Å². The molecule has 1 aromatic carbocycles. The van der Waals surface area contributed by atoms with E-state index in [-0.39, 0.29) is 12.0 Å². The largest absolute Gasteiger partial charge is 0.396 e. The predicted molar refractivity (Wildman–Crippen MR) is 75.5 cm³/mol. The van der Waals surface area contributed by atoms with E-state index < -0.39 is 0 Å². The van der Waals surface area contributed by atoms with Crippen molar-refractivity contribution in [2.45, 2.75) is 20.4 Å². The topological polar surface area (TPSA) is 39.3 Å². The van der Waals surface area contributed by atoms with E-state index in [1.54, 1.807) is 0 Å². The lowest BCUT2D eigenvalue weighted by molar-refractivity contribution is 0.113. The van der Waals surface area contributed by atoms with Crippen LogP contribution in [0, 0.1) is 5.41 Å². The second-order valence-electron chi connectivity index (χ2n) is 5.85. The Bertz CT molecular complexity index is 516. The summed E-state index contributed by atoms with van der Waals surface area (Å²) >= 11 is 0. The fourth-order valence-electron chi connectivity index (χ4n) is 2.41. The maximum absolute atomic E-state index is 9.31. The summed E-state index contributed by atoms with van der Waals surface area (Å²) in [7, 11) is 2.10. The Morgan fingerprint density at radius 3 is 2.78 bits per heavy atom. The van der Waals surface area contributed by atoms with Crippen molar-refractivity contribution in [3.63, 3.8) is 0 Å². The Hall–Kier alpha value is -1.32. The molecular formula is C15H22N2O. The van der Waals surface area contributed by atoms with Gasteiger partial charge in [-0.05, 0) is 24.1 Å². The first-order valence-corrected chi connectivity index (χ1v) is 6.36. The standard InChI is InChI=1S/C15H22N2O/c1-15(2,11-18)10-17(3)9-13-6-4-5-12-7-8-16-14(12)13/h4-8,16,18H,9-11H2,1-3H3. The second kappa shape index (κ2) is 5.12. The van der Waals surface area contributed by atoms with Crippen molar-refractivity contribution < 1.29 is 5.11 Å². The Morgan fingerprint density at radius 2 is 2.06 bits per heavy atom. The Labute approximate surface area is 108 Å². The van der Waals surface area contributed by atoms with Crippen LogP contribution in [0.5, 0.6) is 0 Å². The number of H-pyrrole nitrogens is 1. The lowest BCUT2D eigenvalue weighted by atomic mass is 9.94. The normalized spacial score (nSPS) is 12.5. The molecule has 0 bridgehead atoms. The Balaban J connectivity index is 2.11. The van der Waals surface area contributed by atoms with Gasteiger partial charge in [0.2, 0.25) is 0 Å². The van der Waals surface area contributed by atoms with Gasteiger partial charge in [0.25, 0.3) is 0 Å². The van der Waals surface area contributed by atoms with E-state index >= 15 is 0 Å². The highest BCUT2D eigenvalue weighted by Gasteiger charge is 2.19. The molecule has 1 heterocycles. The smallest absolute Gasteiger partial charge is 0.0499 e. The van der Waals surface area contributed by atoms with Crippen LogP contribution in [-0.2, 0) is 6.54 Å². The molecule has 3 heteroatoms. The zero-order valence-corrected chi connectivity index (χ0v) is 11.4. The number of para-hydroxylation sites is 1. The highest BCUT2D eigenvalue weighted by Crippen LogP contribution is 2.20. The van der Waals surface area contributed by atoms with Crippen molar-refractivity contribution in [2.24, 2.45) is 5.41 Å². The van der Waals surface area contributed by atoms with Gasteiger partial charge < -0.3 is 15.0 Å². The summed E-state index contributed by atoms with van der Waals surface area (Å²) < 4.78 is 0. The fraction of sp³-hybridized carbons (Fsp3) is 0.467. The number of rotatable bonds is 5. The molecule has 0 aliphatic heterocycles. The minimum absolute atomic E-state index is 0.0572. The molecular weight excluding hydrogens is 224 g/mol. The molecule has 0 saturated carbocycles. The van der Waals surface area contributed by atoms with Crippen LogP contribution in [0.2, 0.25) is 0 Å².